The van der Waals surface area contributed by atoms with E-state index in [-0.39, 0.29) is 5.91 Å². The first-order valence-electron chi connectivity index (χ1n) is 6.30. The second-order valence-electron chi connectivity index (χ2n) is 4.59. The number of rotatable bonds is 5. The van der Waals surface area contributed by atoms with Crippen molar-refractivity contribution >= 4 is 29.3 Å². The normalized spacial score (nSPS) is 14.2. The molecular weight excluding hydrogens is 296 g/mol. The molecule has 0 spiro atoms. The molecule has 0 atom stereocenters. The summed E-state index contributed by atoms with van der Waals surface area (Å²) in [4.78, 5) is 11.7. The van der Waals surface area contributed by atoms with E-state index in [1.54, 1.807) is 6.33 Å². The summed E-state index contributed by atoms with van der Waals surface area (Å²) < 4.78 is 1.82. The molecule has 1 aliphatic carbocycles. The van der Waals surface area contributed by atoms with Crippen molar-refractivity contribution in [3.63, 3.8) is 0 Å². The second kappa shape index (κ2) is 5.85. The van der Waals surface area contributed by atoms with E-state index in [1.807, 2.05) is 28.8 Å². The molecule has 2 aromatic rings. The van der Waals surface area contributed by atoms with E-state index in [0.717, 1.165) is 18.5 Å². The zero-order valence-corrected chi connectivity index (χ0v) is 12.2. The third kappa shape index (κ3) is 3.32. The van der Waals surface area contributed by atoms with E-state index in [2.05, 4.69) is 15.5 Å². The van der Waals surface area contributed by atoms with E-state index >= 15 is 0 Å². The lowest BCUT2D eigenvalue weighted by Crippen LogP contribution is -2.27. The molecule has 1 fully saturated rings. The van der Waals surface area contributed by atoms with Crippen LogP contribution >= 0.6 is 23.4 Å². The Morgan fingerprint density at radius 2 is 2.35 bits per heavy atom. The van der Waals surface area contributed by atoms with Crippen LogP contribution < -0.4 is 5.32 Å². The molecule has 5 nitrogen and oxygen atoms in total. The minimum atomic E-state index is 0.0399. The van der Waals surface area contributed by atoms with Gasteiger partial charge in [-0.05, 0) is 31.0 Å². The maximum absolute atomic E-state index is 11.7. The lowest BCUT2D eigenvalue weighted by molar-refractivity contribution is -0.118. The maximum atomic E-state index is 11.7. The fourth-order valence-corrected chi connectivity index (χ4v) is 2.68. The summed E-state index contributed by atoms with van der Waals surface area (Å²) in [5.74, 6) is 0.383. The van der Waals surface area contributed by atoms with E-state index in [9.17, 15) is 4.79 Å². The fraction of sp³-hybridized carbons (Fsp3) is 0.308. The van der Waals surface area contributed by atoms with Gasteiger partial charge < -0.3 is 5.32 Å². The van der Waals surface area contributed by atoms with Gasteiger partial charge in [-0.15, -0.1) is 10.2 Å². The van der Waals surface area contributed by atoms with Crippen LogP contribution in [0.15, 0.2) is 35.7 Å². The van der Waals surface area contributed by atoms with Crippen LogP contribution in [-0.4, -0.2) is 32.5 Å². The molecule has 0 bridgehead atoms. The van der Waals surface area contributed by atoms with Crippen LogP contribution in [0.5, 0.6) is 0 Å². The summed E-state index contributed by atoms with van der Waals surface area (Å²) in [5.41, 5.74) is 0.882. The Morgan fingerprint density at radius 1 is 1.50 bits per heavy atom. The Morgan fingerprint density at radius 3 is 3.10 bits per heavy atom. The SMILES string of the molecule is O=C(CSc1nncn1-c1cccc(Cl)c1)NC1CC1. The molecule has 1 saturated carbocycles. The molecule has 1 amide bonds. The monoisotopic (exact) mass is 308 g/mol. The van der Waals surface area contributed by atoms with Crippen molar-refractivity contribution in [3.8, 4) is 5.69 Å². The van der Waals surface area contributed by atoms with Crippen LogP contribution in [0.1, 0.15) is 12.8 Å². The summed E-state index contributed by atoms with van der Waals surface area (Å²) in [7, 11) is 0. The number of benzene rings is 1. The van der Waals surface area contributed by atoms with Gasteiger partial charge in [-0.25, -0.2) is 0 Å². The van der Waals surface area contributed by atoms with Gasteiger partial charge in [-0.2, -0.15) is 0 Å². The van der Waals surface area contributed by atoms with E-state index in [4.69, 9.17) is 11.6 Å². The number of carbonyl (C=O) groups excluding carboxylic acids is 1. The summed E-state index contributed by atoms with van der Waals surface area (Å²) in [5, 5.41) is 12.2. The lowest BCUT2D eigenvalue weighted by atomic mass is 10.3. The number of nitrogens with zero attached hydrogens (tertiary/aromatic N) is 3. The second-order valence-corrected chi connectivity index (χ2v) is 5.97. The van der Waals surface area contributed by atoms with Crippen LogP contribution in [0.4, 0.5) is 0 Å². The number of hydrogen-bond donors (Lipinski definition) is 1. The Labute approximate surface area is 125 Å². The van der Waals surface area contributed by atoms with Gasteiger partial charge in [0.1, 0.15) is 6.33 Å². The van der Waals surface area contributed by atoms with Gasteiger partial charge in [0.2, 0.25) is 5.91 Å². The zero-order valence-electron chi connectivity index (χ0n) is 10.6. The number of halogens is 1. The third-order valence-corrected chi connectivity index (χ3v) is 4.06. The van der Waals surface area contributed by atoms with Gasteiger partial charge in [0.05, 0.1) is 11.4 Å². The van der Waals surface area contributed by atoms with Crippen molar-refractivity contribution in [1.29, 1.82) is 0 Å². The summed E-state index contributed by atoms with van der Waals surface area (Å²) >= 11 is 7.35. The highest BCUT2D eigenvalue weighted by Gasteiger charge is 2.23. The Balaban J connectivity index is 1.68. The molecule has 1 aromatic carbocycles. The Kier molecular flexibility index (Phi) is 3.93. The lowest BCUT2D eigenvalue weighted by Gasteiger charge is -2.06. The number of thioether (sulfide) groups is 1. The first-order valence-corrected chi connectivity index (χ1v) is 7.67. The molecule has 3 rings (SSSR count). The number of carbonyl (C=O) groups is 1. The van der Waals surface area contributed by atoms with Crippen LogP contribution in [0.3, 0.4) is 0 Å². The largest absolute Gasteiger partial charge is 0.353 e. The van der Waals surface area contributed by atoms with Crippen LogP contribution in [0, 0.1) is 0 Å². The van der Waals surface area contributed by atoms with Crippen molar-refractivity contribution < 1.29 is 4.79 Å². The number of nitrogens with one attached hydrogen (secondary N) is 1. The molecule has 0 aliphatic heterocycles. The summed E-state index contributed by atoms with van der Waals surface area (Å²) in [6.45, 7) is 0. The maximum Gasteiger partial charge on any atom is 0.230 e. The minimum Gasteiger partial charge on any atom is -0.353 e. The standard InChI is InChI=1S/C13H13ClN4OS/c14-9-2-1-3-11(6-9)18-8-15-17-13(18)20-7-12(19)16-10-4-5-10/h1-3,6,8,10H,4-5,7H2,(H,16,19). The van der Waals surface area contributed by atoms with Crippen molar-refractivity contribution in [2.45, 2.75) is 24.0 Å². The quantitative estimate of drug-likeness (QED) is 0.861. The highest BCUT2D eigenvalue weighted by Crippen LogP contribution is 2.22. The highest BCUT2D eigenvalue weighted by atomic mass is 35.5. The molecule has 7 heteroatoms. The molecule has 20 heavy (non-hydrogen) atoms. The molecule has 0 radical (unpaired) electrons. The summed E-state index contributed by atoms with van der Waals surface area (Å²) in [6.07, 6.45) is 3.80. The van der Waals surface area contributed by atoms with Gasteiger partial charge in [-0.1, -0.05) is 29.4 Å². The predicted molar refractivity (Wildman–Crippen MR) is 78.3 cm³/mol. The Bertz CT molecular complexity index is 626. The smallest absolute Gasteiger partial charge is 0.230 e. The van der Waals surface area contributed by atoms with Gasteiger partial charge >= 0.3 is 0 Å². The molecule has 104 valence electrons. The van der Waals surface area contributed by atoms with E-state index < -0.39 is 0 Å². The summed E-state index contributed by atoms with van der Waals surface area (Å²) in [6, 6.07) is 7.81. The average molecular weight is 309 g/mol. The van der Waals surface area contributed by atoms with Crippen LogP contribution in [0.25, 0.3) is 5.69 Å². The molecule has 1 aromatic heterocycles. The Hall–Kier alpha value is -1.53. The molecular formula is C13H13ClN4OS. The van der Waals surface area contributed by atoms with Gasteiger partial charge in [0.25, 0.3) is 0 Å². The van der Waals surface area contributed by atoms with Crippen molar-refractivity contribution in [1.82, 2.24) is 20.1 Å². The van der Waals surface area contributed by atoms with Gasteiger partial charge in [0.15, 0.2) is 5.16 Å². The first-order chi connectivity index (χ1) is 9.72. The van der Waals surface area contributed by atoms with Gasteiger partial charge in [0, 0.05) is 11.1 Å². The molecule has 1 N–H and O–H groups in total. The topological polar surface area (TPSA) is 59.8 Å². The van der Waals surface area contributed by atoms with Gasteiger partial charge in [-0.3, -0.25) is 9.36 Å². The number of aromatic nitrogens is 3. The van der Waals surface area contributed by atoms with E-state index in [0.29, 0.717) is 22.0 Å². The number of amides is 1. The average Bonchev–Trinajstić information content (AvgIpc) is 3.11. The third-order valence-electron chi connectivity index (χ3n) is 2.88. The first kappa shape index (κ1) is 13.5. The molecule has 0 saturated heterocycles. The molecule has 1 aliphatic rings. The van der Waals surface area contributed by atoms with Crippen molar-refractivity contribution in [3.05, 3.63) is 35.6 Å². The van der Waals surface area contributed by atoms with Crippen molar-refractivity contribution in [2.75, 3.05) is 5.75 Å². The predicted octanol–water partition coefficient (Wildman–Crippen LogP) is 2.29. The molecule has 0 unspecified atom stereocenters. The van der Waals surface area contributed by atoms with E-state index in [1.165, 1.54) is 11.8 Å². The van der Waals surface area contributed by atoms with Crippen LogP contribution in [-0.2, 0) is 4.79 Å². The fourth-order valence-electron chi connectivity index (χ4n) is 1.75. The van der Waals surface area contributed by atoms with Crippen molar-refractivity contribution in [2.24, 2.45) is 0 Å². The minimum absolute atomic E-state index is 0.0399. The number of hydrogen-bond acceptors (Lipinski definition) is 4. The molecule has 1 heterocycles. The van der Waals surface area contributed by atoms with Crippen LogP contribution in [0.2, 0.25) is 5.02 Å². The zero-order chi connectivity index (χ0) is 13.9. The highest BCUT2D eigenvalue weighted by molar-refractivity contribution is 7.99.